The third-order valence-corrected chi connectivity index (χ3v) is 1.97. The monoisotopic (exact) mass is 204 g/mol. The number of aromatic nitrogens is 1. The molecular formula is C8H10Cl2N2. The summed E-state index contributed by atoms with van der Waals surface area (Å²) < 4.78 is 0. The van der Waals surface area contributed by atoms with E-state index in [0.717, 1.165) is 12.0 Å². The van der Waals surface area contributed by atoms with Gasteiger partial charge >= 0.3 is 0 Å². The first-order chi connectivity index (χ1) is 5.59. The Labute approximate surface area is 81.7 Å². The van der Waals surface area contributed by atoms with Gasteiger partial charge in [-0.25, -0.2) is 4.98 Å². The van der Waals surface area contributed by atoms with Gasteiger partial charge in [0.1, 0.15) is 10.3 Å². The van der Waals surface area contributed by atoms with Crippen LogP contribution in [0.5, 0.6) is 0 Å². The fraction of sp³-hybridized carbons (Fsp3) is 0.375. The Balaban J connectivity index is 2.86. The molecule has 0 aromatic carbocycles. The molecule has 0 saturated heterocycles. The highest BCUT2D eigenvalue weighted by atomic mass is 35.5. The summed E-state index contributed by atoms with van der Waals surface area (Å²) in [5, 5.41) is 0.855. The SMILES string of the molecule is CC(N)Cc1ccc(Cl)nc1Cl. The largest absolute Gasteiger partial charge is 0.328 e. The van der Waals surface area contributed by atoms with E-state index in [2.05, 4.69) is 4.98 Å². The molecule has 1 rings (SSSR count). The Bertz CT molecular complexity index is 274. The molecule has 1 aromatic heterocycles. The van der Waals surface area contributed by atoms with Gasteiger partial charge in [-0.05, 0) is 25.0 Å². The van der Waals surface area contributed by atoms with Crippen LogP contribution in [0.1, 0.15) is 12.5 Å². The molecule has 1 unspecified atom stereocenters. The number of halogens is 2. The number of hydrogen-bond acceptors (Lipinski definition) is 2. The van der Waals surface area contributed by atoms with Crippen LogP contribution >= 0.6 is 23.2 Å². The van der Waals surface area contributed by atoms with Crippen molar-refractivity contribution >= 4 is 23.2 Å². The van der Waals surface area contributed by atoms with Gasteiger partial charge in [0.15, 0.2) is 0 Å². The van der Waals surface area contributed by atoms with Gasteiger partial charge in [-0.15, -0.1) is 0 Å². The van der Waals surface area contributed by atoms with Crippen molar-refractivity contribution in [3.8, 4) is 0 Å². The first-order valence-electron chi connectivity index (χ1n) is 3.66. The molecule has 0 amide bonds. The molecule has 0 radical (unpaired) electrons. The fourth-order valence-electron chi connectivity index (χ4n) is 0.940. The zero-order chi connectivity index (χ0) is 9.14. The van der Waals surface area contributed by atoms with Crippen LogP contribution < -0.4 is 5.73 Å². The lowest BCUT2D eigenvalue weighted by Crippen LogP contribution is -2.18. The van der Waals surface area contributed by atoms with Gasteiger partial charge in [-0.1, -0.05) is 29.3 Å². The summed E-state index contributed by atoms with van der Waals surface area (Å²) >= 11 is 11.4. The summed E-state index contributed by atoms with van der Waals surface area (Å²) in [6.07, 6.45) is 0.725. The van der Waals surface area contributed by atoms with Crippen molar-refractivity contribution in [1.29, 1.82) is 0 Å². The van der Waals surface area contributed by atoms with Crippen molar-refractivity contribution in [2.24, 2.45) is 5.73 Å². The maximum Gasteiger partial charge on any atom is 0.134 e. The minimum Gasteiger partial charge on any atom is -0.328 e. The molecule has 0 bridgehead atoms. The van der Waals surface area contributed by atoms with E-state index in [9.17, 15) is 0 Å². The van der Waals surface area contributed by atoms with E-state index in [4.69, 9.17) is 28.9 Å². The van der Waals surface area contributed by atoms with Crippen LogP contribution in [0, 0.1) is 0 Å². The van der Waals surface area contributed by atoms with Gasteiger partial charge in [0.05, 0.1) is 0 Å². The first kappa shape index (κ1) is 9.78. The van der Waals surface area contributed by atoms with E-state index >= 15 is 0 Å². The molecule has 0 aliphatic heterocycles. The van der Waals surface area contributed by atoms with Crippen LogP contribution in [-0.2, 0) is 6.42 Å². The molecule has 2 N–H and O–H groups in total. The van der Waals surface area contributed by atoms with Crippen molar-refractivity contribution < 1.29 is 0 Å². The zero-order valence-electron chi connectivity index (χ0n) is 6.72. The standard InChI is InChI=1S/C8H10Cl2N2/c1-5(11)4-6-2-3-7(9)12-8(6)10/h2-3,5H,4,11H2,1H3. The molecule has 1 atom stereocenters. The quantitative estimate of drug-likeness (QED) is 0.752. The van der Waals surface area contributed by atoms with E-state index in [0.29, 0.717) is 10.3 Å². The van der Waals surface area contributed by atoms with Crippen molar-refractivity contribution in [3.63, 3.8) is 0 Å². The Morgan fingerprint density at radius 2 is 2.17 bits per heavy atom. The Morgan fingerprint density at radius 3 is 2.67 bits per heavy atom. The third kappa shape index (κ3) is 2.63. The summed E-state index contributed by atoms with van der Waals surface area (Å²) in [5.74, 6) is 0. The van der Waals surface area contributed by atoms with E-state index in [-0.39, 0.29) is 6.04 Å². The van der Waals surface area contributed by atoms with Crippen LogP contribution in [0.3, 0.4) is 0 Å². The number of nitrogens with two attached hydrogens (primary N) is 1. The van der Waals surface area contributed by atoms with Crippen molar-refractivity contribution in [2.45, 2.75) is 19.4 Å². The van der Waals surface area contributed by atoms with E-state index < -0.39 is 0 Å². The molecule has 12 heavy (non-hydrogen) atoms. The second-order valence-electron chi connectivity index (χ2n) is 2.77. The molecule has 1 aromatic rings. The molecule has 1 heterocycles. The predicted octanol–water partition coefficient (Wildman–Crippen LogP) is 2.28. The molecule has 4 heteroatoms. The lowest BCUT2D eigenvalue weighted by molar-refractivity contribution is 0.736. The lowest BCUT2D eigenvalue weighted by Gasteiger charge is -2.06. The molecule has 66 valence electrons. The average molecular weight is 205 g/mol. The topological polar surface area (TPSA) is 38.9 Å². The summed E-state index contributed by atoms with van der Waals surface area (Å²) in [6.45, 7) is 1.92. The Hall–Kier alpha value is -0.310. The van der Waals surface area contributed by atoms with Crippen molar-refractivity contribution in [3.05, 3.63) is 28.0 Å². The highest BCUT2D eigenvalue weighted by Crippen LogP contribution is 2.17. The number of hydrogen-bond donors (Lipinski definition) is 1. The molecule has 0 saturated carbocycles. The van der Waals surface area contributed by atoms with Crippen LogP contribution in [0.15, 0.2) is 12.1 Å². The number of pyridine rings is 1. The van der Waals surface area contributed by atoms with Gasteiger partial charge in [0.2, 0.25) is 0 Å². The maximum atomic E-state index is 5.82. The van der Waals surface area contributed by atoms with Crippen LogP contribution in [0.25, 0.3) is 0 Å². The fourth-order valence-corrected chi connectivity index (χ4v) is 1.36. The molecular weight excluding hydrogens is 195 g/mol. The minimum absolute atomic E-state index is 0.0884. The minimum atomic E-state index is 0.0884. The summed E-state index contributed by atoms with van der Waals surface area (Å²) in [5.41, 5.74) is 6.55. The first-order valence-corrected chi connectivity index (χ1v) is 4.41. The Kier molecular flexibility index (Phi) is 3.32. The molecule has 0 aliphatic carbocycles. The van der Waals surface area contributed by atoms with Gasteiger partial charge in [0, 0.05) is 6.04 Å². The average Bonchev–Trinajstić information content (AvgIpc) is 1.94. The van der Waals surface area contributed by atoms with Crippen molar-refractivity contribution in [2.75, 3.05) is 0 Å². The normalized spacial score (nSPS) is 13.0. The second-order valence-corrected chi connectivity index (χ2v) is 3.51. The lowest BCUT2D eigenvalue weighted by atomic mass is 10.1. The van der Waals surface area contributed by atoms with Gasteiger partial charge < -0.3 is 5.73 Å². The molecule has 0 spiro atoms. The van der Waals surface area contributed by atoms with E-state index in [1.165, 1.54) is 0 Å². The highest BCUT2D eigenvalue weighted by Gasteiger charge is 2.04. The van der Waals surface area contributed by atoms with Crippen LogP contribution in [-0.4, -0.2) is 11.0 Å². The van der Waals surface area contributed by atoms with E-state index in [1.54, 1.807) is 6.07 Å². The number of rotatable bonds is 2. The van der Waals surface area contributed by atoms with Crippen molar-refractivity contribution in [1.82, 2.24) is 4.98 Å². The summed E-state index contributed by atoms with van der Waals surface area (Å²) in [6, 6.07) is 3.65. The van der Waals surface area contributed by atoms with Crippen LogP contribution in [0.4, 0.5) is 0 Å². The third-order valence-electron chi connectivity index (χ3n) is 1.43. The summed E-state index contributed by atoms with van der Waals surface area (Å²) in [4.78, 5) is 3.90. The smallest absolute Gasteiger partial charge is 0.134 e. The van der Waals surface area contributed by atoms with E-state index in [1.807, 2.05) is 13.0 Å². The highest BCUT2D eigenvalue weighted by molar-refractivity contribution is 6.32. The number of nitrogens with zero attached hydrogens (tertiary/aromatic N) is 1. The van der Waals surface area contributed by atoms with Gasteiger partial charge in [-0.3, -0.25) is 0 Å². The zero-order valence-corrected chi connectivity index (χ0v) is 8.23. The molecule has 0 fully saturated rings. The summed E-state index contributed by atoms with van der Waals surface area (Å²) in [7, 11) is 0. The maximum absolute atomic E-state index is 5.82. The van der Waals surface area contributed by atoms with Gasteiger partial charge in [-0.2, -0.15) is 0 Å². The van der Waals surface area contributed by atoms with Crippen LogP contribution in [0.2, 0.25) is 10.3 Å². The predicted molar refractivity (Wildman–Crippen MR) is 51.6 cm³/mol. The molecule has 2 nitrogen and oxygen atoms in total. The van der Waals surface area contributed by atoms with Gasteiger partial charge in [0.25, 0.3) is 0 Å². The Morgan fingerprint density at radius 1 is 1.50 bits per heavy atom. The molecule has 0 aliphatic rings. The second kappa shape index (κ2) is 4.08.